The van der Waals surface area contributed by atoms with E-state index in [-0.39, 0.29) is 12.4 Å². The molecule has 0 amide bonds. The summed E-state index contributed by atoms with van der Waals surface area (Å²) in [5, 5.41) is 19.6. The molecular formula is C10H12O3. The second-order valence-corrected chi connectivity index (χ2v) is 3.35. The normalized spacial score (nSPS) is 27.8. The number of ether oxygens (including phenoxy) is 1. The molecule has 0 aromatic heterocycles. The molecule has 13 heavy (non-hydrogen) atoms. The summed E-state index contributed by atoms with van der Waals surface area (Å²) in [4.78, 5) is 0. The number of rotatable bonds is 1. The zero-order valence-corrected chi connectivity index (χ0v) is 7.23. The molecule has 2 rings (SSSR count). The summed E-state index contributed by atoms with van der Waals surface area (Å²) in [5.41, 5.74) is -0.432. The molecule has 3 nitrogen and oxygen atoms in total. The number of aromatic hydroxyl groups is 1. The van der Waals surface area contributed by atoms with Crippen LogP contribution < -0.4 is 0 Å². The zero-order valence-electron chi connectivity index (χ0n) is 7.23. The molecule has 0 radical (unpaired) electrons. The van der Waals surface area contributed by atoms with Gasteiger partial charge in [0, 0.05) is 18.6 Å². The van der Waals surface area contributed by atoms with E-state index in [9.17, 15) is 10.2 Å². The molecule has 1 aliphatic heterocycles. The summed E-state index contributed by atoms with van der Waals surface area (Å²) in [5.74, 6) is 0.135. The Bertz CT molecular complexity index is 303. The molecule has 0 bridgehead atoms. The highest BCUT2D eigenvalue weighted by Gasteiger charge is 2.35. The van der Waals surface area contributed by atoms with Crippen molar-refractivity contribution in [3.8, 4) is 5.75 Å². The van der Waals surface area contributed by atoms with Crippen LogP contribution in [0.5, 0.6) is 5.75 Å². The number of phenolic OH excluding ortho intramolecular Hbond substituents is 1. The monoisotopic (exact) mass is 180 g/mol. The number of hydrogen-bond acceptors (Lipinski definition) is 3. The van der Waals surface area contributed by atoms with Crippen molar-refractivity contribution < 1.29 is 14.9 Å². The molecule has 70 valence electrons. The van der Waals surface area contributed by atoms with E-state index in [2.05, 4.69) is 0 Å². The van der Waals surface area contributed by atoms with Crippen molar-refractivity contribution >= 4 is 0 Å². The highest BCUT2D eigenvalue weighted by molar-refractivity contribution is 5.37. The summed E-state index contributed by atoms with van der Waals surface area (Å²) in [6.07, 6.45) is 0.546. The molecule has 1 fully saturated rings. The lowest BCUT2D eigenvalue weighted by atomic mass is 9.92. The Hall–Kier alpha value is -1.06. The average Bonchev–Trinajstić information content (AvgIpc) is 2.54. The Balaban J connectivity index is 2.39. The molecule has 3 heteroatoms. The summed E-state index contributed by atoms with van der Waals surface area (Å²) in [6.45, 7) is 0.815. The lowest BCUT2D eigenvalue weighted by Crippen LogP contribution is -2.25. The van der Waals surface area contributed by atoms with Gasteiger partial charge in [0.1, 0.15) is 11.4 Å². The molecule has 0 spiro atoms. The molecule has 1 atom stereocenters. The fourth-order valence-corrected chi connectivity index (χ4v) is 1.63. The van der Waals surface area contributed by atoms with Gasteiger partial charge in [-0.2, -0.15) is 0 Å². The van der Waals surface area contributed by atoms with Gasteiger partial charge in [-0.05, 0) is 6.07 Å². The smallest absolute Gasteiger partial charge is 0.121 e. The van der Waals surface area contributed by atoms with Crippen molar-refractivity contribution in [1.29, 1.82) is 0 Å². The Morgan fingerprint density at radius 3 is 2.69 bits per heavy atom. The van der Waals surface area contributed by atoms with Gasteiger partial charge in [-0.15, -0.1) is 0 Å². The number of phenols is 1. The number of benzene rings is 1. The van der Waals surface area contributed by atoms with Crippen LogP contribution in [0.15, 0.2) is 24.3 Å². The number of hydrogen-bond donors (Lipinski definition) is 2. The molecule has 0 aliphatic carbocycles. The fraction of sp³-hybridized carbons (Fsp3) is 0.400. The van der Waals surface area contributed by atoms with Gasteiger partial charge in [0.2, 0.25) is 0 Å². The lowest BCUT2D eigenvalue weighted by molar-refractivity contribution is 0.0213. The maximum atomic E-state index is 10.1. The summed E-state index contributed by atoms with van der Waals surface area (Å²) < 4.78 is 5.11. The fourth-order valence-electron chi connectivity index (χ4n) is 1.63. The molecule has 0 saturated carbocycles. The van der Waals surface area contributed by atoms with Crippen LogP contribution in [0.4, 0.5) is 0 Å². The first-order valence-electron chi connectivity index (χ1n) is 4.31. The van der Waals surface area contributed by atoms with E-state index in [0.717, 1.165) is 0 Å². The van der Waals surface area contributed by atoms with Gasteiger partial charge in [-0.3, -0.25) is 0 Å². The van der Waals surface area contributed by atoms with E-state index >= 15 is 0 Å². The lowest BCUT2D eigenvalue weighted by Gasteiger charge is -2.21. The van der Waals surface area contributed by atoms with Crippen LogP contribution in [0, 0.1) is 0 Å². The predicted molar refractivity (Wildman–Crippen MR) is 47.4 cm³/mol. The molecule has 1 aromatic rings. The van der Waals surface area contributed by atoms with Gasteiger partial charge >= 0.3 is 0 Å². The van der Waals surface area contributed by atoms with E-state index < -0.39 is 5.60 Å². The zero-order chi connectivity index (χ0) is 9.31. The molecule has 1 saturated heterocycles. The summed E-state index contributed by atoms with van der Waals surface area (Å²) in [7, 11) is 0. The van der Waals surface area contributed by atoms with E-state index in [1.54, 1.807) is 24.3 Å². The highest BCUT2D eigenvalue weighted by Crippen LogP contribution is 2.35. The van der Waals surface area contributed by atoms with E-state index in [0.29, 0.717) is 18.6 Å². The van der Waals surface area contributed by atoms with Gasteiger partial charge in [0.05, 0.1) is 6.61 Å². The van der Waals surface area contributed by atoms with Crippen molar-refractivity contribution in [2.75, 3.05) is 13.2 Å². The van der Waals surface area contributed by atoms with Crippen LogP contribution in [0.3, 0.4) is 0 Å². The largest absolute Gasteiger partial charge is 0.508 e. The van der Waals surface area contributed by atoms with Crippen molar-refractivity contribution in [3.63, 3.8) is 0 Å². The molecule has 1 aliphatic rings. The van der Waals surface area contributed by atoms with Crippen LogP contribution in [0.1, 0.15) is 12.0 Å². The topological polar surface area (TPSA) is 49.7 Å². The second-order valence-electron chi connectivity index (χ2n) is 3.35. The third-order valence-corrected chi connectivity index (χ3v) is 2.41. The molecular weight excluding hydrogens is 168 g/mol. The van der Waals surface area contributed by atoms with Crippen LogP contribution in [0.2, 0.25) is 0 Å². The molecule has 1 aromatic carbocycles. The maximum Gasteiger partial charge on any atom is 0.121 e. The standard InChI is InChI=1S/C10H12O3/c11-9-4-2-1-3-8(9)10(12)5-6-13-7-10/h1-4,11-12H,5-7H2. The SMILES string of the molecule is Oc1ccccc1C1(O)CCOC1. The second kappa shape index (κ2) is 3.01. The number of aliphatic hydroxyl groups is 1. The van der Waals surface area contributed by atoms with Gasteiger partial charge in [-0.1, -0.05) is 18.2 Å². The van der Waals surface area contributed by atoms with Gasteiger partial charge in [-0.25, -0.2) is 0 Å². The quantitative estimate of drug-likeness (QED) is 0.677. The average molecular weight is 180 g/mol. The van der Waals surface area contributed by atoms with Crippen molar-refractivity contribution in [3.05, 3.63) is 29.8 Å². The summed E-state index contributed by atoms with van der Waals surface area (Å²) >= 11 is 0. The van der Waals surface area contributed by atoms with Gasteiger partial charge < -0.3 is 14.9 Å². The van der Waals surface area contributed by atoms with Crippen molar-refractivity contribution in [2.24, 2.45) is 0 Å². The minimum atomic E-state index is -0.995. The van der Waals surface area contributed by atoms with E-state index in [1.165, 1.54) is 0 Å². The highest BCUT2D eigenvalue weighted by atomic mass is 16.5. The van der Waals surface area contributed by atoms with Crippen LogP contribution in [0.25, 0.3) is 0 Å². The van der Waals surface area contributed by atoms with Crippen molar-refractivity contribution in [1.82, 2.24) is 0 Å². The van der Waals surface area contributed by atoms with Crippen LogP contribution in [-0.2, 0) is 10.3 Å². The first-order valence-corrected chi connectivity index (χ1v) is 4.31. The third-order valence-electron chi connectivity index (χ3n) is 2.41. The predicted octanol–water partition coefficient (Wildman–Crippen LogP) is 1.00. The molecule has 1 heterocycles. The van der Waals surface area contributed by atoms with Gasteiger partial charge in [0.15, 0.2) is 0 Å². The Kier molecular flexibility index (Phi) is 1.98. The van der Waals surface area contributed by atoms with Crippen LogP contribution >= 0.6 is 0 Å². The Morgan fingerprint density at radius 1 is 1.31 bits per heavy atom. The van der Waals surface area contributed by atoms with E-state index in [4.69, 9.17) is 4.74 Å². The molecule has 1 unspecified atom stereocenters. The maximum absolute atomic E-state index is 10.1. The third kappa shape index (κ3) is 1.41. The van der Waals surface area contributed by atoms with Crippen molar-refractivity contribution in [2.45, 2.75) is 12.0 Å². The minimum Gasteiger partial charge on any atom is -0.508 e. The first kappa shape index (κ1) is 8.53. The number of para-hydroxylation sites is 1. The Morgan fingerprint density at radius 2 is 2.08 bits per heavy atom. The molecule has 2 N–H and O–H groups in total. The van der Waals surface area contributed by atoms with E-state index in [1.807, 2.05) is 0 Å². The van der Waals surface area contributed by atoms with Gasteiger partial charge in [0.25, 0.3) is 0 Å². The Labute approximate surface area is 76.6 Å². The summed E-state index contributed by atoms with van der Waals surface area (Å²) in [6, 6.07) is 6.83. The minimum absolute atomic E-state index is 0.135. The van der Waals surface area contributed by atoms with Crippen LogP contribution in [-0.4, -0.2) is 23.4 Å². The first-order chi connectivity index (χ1) is 6.22.